The summed E-state index contributed by atoms with van der Waals surface area (Å²) in [4.78, 5) is 17.1. The van der Waals surface area contributed by atoms with Gasteiger partial charge in [-0.05, 0) is 29.7 Å². The summed E-state index contributed by atoms with van der Waals surface area (Å²) in [7, 11) is 0. The van der Waals surface area contributed by atoms with Crippen LogP contribution in [0.5, 0.6) is 0 Å². The molecule has 25 heavy (non-hydrogen) atoms. The van der Waals surface area contributed by atoms with Crippen LogP contribution in [0.4, 0.5) is 5.00 Å². The van der Waals surface area contributed by atoms with Gasteiger partial charge in [0.2, 0.25) is 5.78 Å². The second-order valence-electron chi connectivity index (χ2n) is 6.12. The van der Waals surface area contributed by atoms with Crippen molar-refractivity contribution in [2.75, 3.05) is 12.3 Å². The minimum atomic E-state index is 0.00316. The van der Waals surface area contributed by atoms with Gasteiger partial charge in [-0.25, -0.2) is 0 Å². The van der Waals surface area contributed by atoms with Crippen LogP contribution in [0.1, 0.15) is 31.2 Å². The molecule has 0 unspecified atom stereocenters. The van der Waals surface area contributed by atoms with Crippen LogP contribution >= 0.6 is 34.3 Å². The van der Waals surface area contributed by atoms with Crippen molar-refractivity contribution in [1.82, 2.24) is 4.90 Å². The van der Waals surface area contributed by atoms with E-state index in [-0.39, 0.29) is 5.78 Å². The molecule has 128 valence electrons. The summed E-state index contributed by atoms with van der Waals surface area (Å²) in [5.41, 5.74) is 9.34. The molecule has 0 fully saturated rings. The first kappa shape index (κ1) is 16.8. The van der Waals surface area contributed by atoms with E-state index in [0.29, 0.717) is 19.8 Å². The highest BCUT2D eigenvalue weighted by Crippen LogP contribution is 2.38. The lowest BCUT2D eigenvalue weighted by molar-refractivity contribution is 0.104. The maximum Gasteiger partial charge on any atom is 0.206 e. The van der Waals surface area contributed by atoms with Gasteiger partial charge in [0.15, 0.2) is 0 Å². The molecule has 4 rings (SSSR count). The number of rotatable bonds is 4. The number of anilines is 1. The summed E-state index contributed by atoms with van der Waals surface area (Å²) >= 11 is 8.83. The van der Waals surface area contributed by atoms with Gasteiger partial charge in [-0.3, -0.25) is 9.69 Å². The number of nitrogens with zero attached hydrogens (tertiary/aromatic N) is 1. The zero-order valence-corrected chi connectivity index (χ0v) is 15.9. The summed E-state index contributed by atoms with van der Waals surface area (Å²) in [5.74, 6) is 0.00316. The summed E-state index contributed by atoms with van der Waals surface area (Å²) < 4.78 is 0.625. The number of carbonyl (C=O) groups is 1. The lowest BCUT2D eigenvalue weighted by Crippen LogP contribution is -2.29. The van der Waals surface area contributed by atoms with Crippen molar-refractivity contribution in [3.05, 3.63) is 73.2 Å². The Morgan fingerprint density at radius 1 is 1.16 bits per heavy atom. The van der Waals surface area contributed by atoms with Crippen molar-refractivity contribution in [3.8, 4) is 0 Å². The van der Waals surface area contributed by atoms with Crippen molar-refractivity contribution < 1.29 is 4.79 Å². The molecule has 0 amide bonds. The quantitative estimate of drug-likeness (QED) is 0.651. The van der Waals surface area contributed by atoms with Gasteiger partial charge in [0.25, 0.3) is 0 Å². The van der Waals surface area contributed by atoms with E-state index in [2.05, 4.69) is 29.2 Å². The summed E-state index contributed by atoms with van der Waals surface area (Å²) in [6.45, 7) is 2.70. The molecular formula is C19H17ClN2OS2. The topological polar surface area (TPSA) is 46.3 Å². The molecule has 6 heteroatoms. The van der Waals surface area contributed by atoms with E-state index in [9.17, 15) is 4.79 Å². The third kappa shape index (κ3) is 3.37. The number of carbonyl (C=O) groups excluding carboxylic acids is 1. The van der Waals surface area contributed by atoms with Crippen molar-refractivity contribution >= 4 is 45.1 Å². The number of hydrogen-bond donors (Lipinski definition) is 1. The molecule has 3 heterocycles. The fourth-order valence-corrected chi connectivity index (χ4v) is 5.41. The molecule has 0 atom stereocenters. The van der Waals surface area contributed by atoms with Gasteiger partial charge >= 0.3 is 0 Å². The smallest absolute Gasteiger partial charge is 0.206 e. The van der Waals surface area contributed by atoms with E-state index in [1.165, 1.54) is 21.8 Å². The molecular weight excluding hydrogens is 372 g/mol. The average Bonchev–Trinajstić information content (AvgIpc) is 3.17. The second kappa shape index (κ2) is 6.92. The predicted molar refractivity (Wildman–Crippen MR) is 106 cm³/mol. The molecule has 3 aromatic rings. The third-order valence-corrected chi connectivity index (χ3v) is 6.71. The molecule has 1 aliphatic rings. The molecule has 0 spiro atoms. The van der Waals surface area contributed by atoms with E-state index in [1.54, 1.807) is 23.5 Å². The third-order valence-electron chi connectivity index (χ3n) is 4.44. The van der Waals surface area contributed by atoms with Crippen molar-refractivity contribution in [1.29, 1.82) is 0 Å². The van der Waals surface area contributed by atoms with Crippen LogP contribution < -0.4 is 5.73 Å². The van der Waals surface area contributed by atoms with Crippen molar-refractivity contribution in [2.24, 2.45) is 0 Å². The molecule has 3 nitrogen and oxygen atoms in total. The molecule has 0 aliphatic carbocycles. The minimum absolute atomic E-state index is 0.00316. The van der Waals surface area contributed by atoms with Gasteiger partial charge in [0.1, 0.15) is 0 Å². The highest BCUT2D eigenvalue weighted by Gasteiger charge is 2.28. The predicted octanol–water partition coefficient (Wildman–Crippen LogP) is 4.83. The molecule has 2 N–H and O–H groups in total. The molecule has 2 aromatic heterocycles. The Morgan fingerprint density at radius 2 is 1.96 bits per heavy atom. The highest BCUT2D eigenvalue weighted by atomic mass is 35.5. The van der Waals surface area contributed by atoms with Gasteiger partial charge in [-0.1, -0.05) is 41.9 Å². The lowest BCUT2D eigenvalue weighted by Gasteiger charge is -2.27. The van der Waals surface area contributed by atoms with Gasteiger partial charge < -0.3 is 5.73 Å². The zero-order chi connectivity index (χ0) is 17.4. The minimum Gasteiger partial charge on any atom is -0.390 e. The van der Waals surface area contributed by atoms with E-state index < -0.39 is 0 Å². The molecule has 1 aromatic carbocycles. The number of thiophene rings is 2. The number of nitrogens with two attached hydrogens (primary N) is 1. The van der Waals surface area contributed by atoms with E-state index in [1.807, 2.05) is 6.07 Å². The Balaban J connectivity index is 1.58. The van der Waals surface area contributed by atoms with Gasteiger partial charge in [0.05, 0.1) is 19.8 Å². The normalized spacial score (nSPS) is 14.4. The first-order valence-corrected chi connectivity index (χ1v) is 10.1. The molecule has 1 aliphatic heterocycles. The Morgan fingerprint density at radius 3 is 2.68 bits per heavy atom. The number of nitrogen functional groups attached to an aromatic ring is 1. The SMILES string of the molecule is Nc1sc2c(c1C(=O)c1ccc(Cl)s1)CCN(Cc1ccccc1)C2. The standard InChI is InChI=1S/C19H17ClN2OS2/c20-16-7-6-14(24-16)18(23)17-13-8-9-22(11-15(13)25-19(17)21)10-12-4-2-1-3-5-12/h1-7H,8-11,21H2. The number of hydrogen-bond acceptors (Lipinski definition) is 5. The van der Waals surface area contributed by atoms with E-state index in [4.69, 9.17) is 17.3 Å². The van der Waals surface area contributed by atoms with Crippen molar-refractivity contribution in [2.45, 2.75) is 19.5 Å². The van der Waals surface area contributed by atoms with E-state index in [0.717, 1.165) is 31.6 Å². The first-order valence-electron chi connectivity index (χ1n) is 8.08. The van der Waals surface area contributed by atoms with Crippen LogP contribution in [0.15, 0.2) is 42.5 Å². The Hall–Kier alpha value is -1.66. The number of benzene rings is 1. The van der Waals surface area contributed by atoms with Crippen LogP contribution in [-0.2, 0) is 19.5 Å². The van der Waals surface area contributed by atoms with Gasteiger partial charge in [0, 0.05) is 24.5 Å². The number of halogens is 1. The van der Waals surface area contributed by atoms with Gasteiger partial charge in [-0.2, -0.15) is 0 Å². The van der Waals surface area contributed by atoms with Crippen LogP contribution in [0.3, 0.4) is 0 Å². The van der Waals surface area contributed by atoms with Crippen LogP contribution in [0.2, 0.25) is 4.34 Å². The fourth-order valence-electron chi connectivity index (χ4n) is 3.26. The first-order chi connectivity index (χ1) is 12.1. The van der Waals surface area contributed by atoms with Gasteiger partial charge in [-0.15, -0.1) is 22.7 Å². The molecule has 0 bridgehead atoms. The zero-order valence-electron chi connectivity index (χ0n) is 13.5. The summed E-state index contributed by atoms with van der Waals surface area (Å²) in [5, 5.41) is 0.626. The lowest BCUT2D eigenvalue weighted by atomic mass is 9.99. The number of ketones is 1. The summed E-state index contributed by atoms with van der Waals surface area (Å²) in [6.07, 6.45) is 0.857. The highest BCUT2D eigenvalue weighted by molar-refractivity contribution is 7.19. The monoisotopic (exact) mass is 388 g/mol. The summed E-state index contributed by atoms with van der Waals surface area (Å²) in [6, 6.07) is 14.0. The number of fused-ring (bicyclic) bond motifs is 1. The van der Waals surface area contributed by atoms with Crippen LogP contribution in [0.25, 0.3) is 0 Å². The molecule has 0 saturated carbocycles. The van der Waals surface area contributed by atoms with Crippen LogP contribution in [0, 0.1) is 0 Å². The maximum absolute atomic E-state index is 12.9. The largest absolute Gasteiger partial charge is 0.390 e. The molecule has 0 saturated heterocycles. The average molecular weight is 389 g/mol. The Kier molecular flexibility index (Phi) is 4.65. The molecule has 0 radical (unpaired) electrons. The fraction of sp³-hybridized carbons (Fsp3) is 0.211. The van der Waals surface area contributed by atoms with E-state index >= 15 is 0 Å². The maximum atomic E-state index is 12.9. The van der Waals surface area contributed by atoms with Crippen LogP contribution in [-0.4, -0.2) is 17.2 Å². The Bertz CT molecular complexity index is 917. The van der Waals surface area contributed by atoms with Crippen molar-refractivity contribution in [3.63, 3.8) is 0 Å². The second-order valence-corrected chi connectivity index (χ2v) is 8.97. The Labute approximate surface area is 159 Å².